The van der Waals surface area contributed by atoms with Crippen molar-refractivity contribution in [3.63, 3.8) is 0 Å². The first-order valence-electron chi connectivity index (χ1n) is 2.32. The fraction of sp³-hybridized carbons (Fsp3) is 0.167. The molecule has 0 amide bonds. The predicted octanol–water partition coefficient (Wildman–Crippen LogP) is 1.15. The van der Waals surface area contributed by atoms with E-state index in [0.717, 1.165) is 0 Å². The molecule has 0 aromatic carbocycles. The van der Waals surface area contributed by atoms with Gasteiger partial charge >= 0.3 is 0 Å². The van der Waals surface area contributed by atoms with E-state index < -0.39 is 11.1 Å². The van der Waals surface area contributed by atoms with Crippen molar-refractivity contribution in [2.75, 3.05) is 6.61 Å². The summed E-state index contributed by atoms with van der Waals surface area (Å²) in [6.45, 7) is 6.90. The summed E-state index contributed by atoms with van der Waals surface area (Å²) in [6, 6.07) is 0. The van der Waals surface area contributed by atoms with Crippen molar-refractivity contribution in [2.24, 2.45) is 0 Å². The summed E-state index contributed by atoms with van der Waals surface area (Å²) in [4.78, 5) is 0. The molecule has 2 nitrogen and oxygen atoms in total. The van der Waals surface area contributed by atoms with E-state index in [0.29, 0.717) is 0 Å². The van der Waals surface area contributed by atoms with Crippen LogP contribution in [-0.4, -0.2) is 10.8 Å². The standard InChI is InChI=1S/C6H8O2S/c1-3-5-8-9(7)6-4-2/h3,6H,1-2,5H2. The zero-order chi connectivity index (χ0) is 7.11. The van der Waals surface area contributed by atoms with Crippen molar-refractivity contribution in [3.05, 3.63) is 30.4 Å². The summed E-state index contributed by atoms with van der Waals surface area (Å²) in [5.74, 6) is 0. The Labute approximate surface area is 57.2 Å². The summed E-state index contributed by atoms with van der Waals surface area (Å²) >= 11 is -1.39. The number of hydrogen-bond acceptors (Lipinski definition) is 2. The Morgan fingerprint density at radius 1 is 1.78 bits per heavy atom. The second-order valence-corrected chi connectivity index (χ2v) is 2.15. The molecule has 0 N–H and O–H groups in total. The molecule has 0 aliphatic carbocycles. The number of hydrogen-bond donors (Lipinski definition) is 0. The van der Waals surface area contributed by atoms with Crippen LogP contribution in [0, 0.1) is 0 Å². The van der Waals surface area contributed by atoms with E-state index in [9.17, 15) is 4.21 Å². The quantitative estimate of drug-likeness (QED) is 0.437. The van der Waals surface area contributed by atoms with Crippen LogP contribution in [0.4, 0.5) is 0 Å². The minimum Gasteiger partial charge on any atom is -0.283 e. The molecule has 3 heteroatoms. The Bertz CT molecular complexity index is 156. The van der Waals surface area contributed by atoms with Crippen molar-refractivity contribution >= 4 is 11.1 Å². The van der Waals surface area contributed by atoms with Gasteiger partial charge in [-0.3, -0.25) is 4.18 Å². The molecule has 1 unspecified atom stereocenters. The Hall–Kier alpha value is -0.630. The molecule has 0 heterocycles. The predicted molar refractivity (Wildman–Crippen MR) is 38.0 cm³/mol. The molecular weight excluding hydrogens is 136 g/mol. The number of rotatable bonds is 4. The van der Waals surface area contributed by atoms with E-state index >= 15 is 0 Å². The molecule has 0 fully saturated rings. The zero-order valence-electron chi connectivity index (χ0n) is 5.00. The van der Waals surface area contributed by atoms with Gasteiger partial charge in [0.25, 0.3) is 0 Å². The van der Waals surface area contributed by atoms with Gasteiger partial charge in [0.15, 0.2) is 11.1 Å². The maximum absolute atomic E-state index is 10.5. The van der Waals surface area contributed by atoms with Crippen LogP contribution in [0.25, 0.3) is 0 Å². The molecule has 0 radical (unpaired) electrons. The van der Waals surface area contributed by atoms with Crippen LogP contribution in [0.2, 0.25) is 0 Å². The molecule has 0 saturated heterocycles. The molecule has 0 aliphatic heterocycles. The summed E-state index contributed by atoms with van der Waals surface area (Å²) < 4.78 is 15.1. The molecule has 0 bridgehead atoms. The van der Waals surface area contributed by atoms with Gasteiger partial charge in [0.2, 0.25) is 0 Å². The first-order chi connectivity index (χ1) is 4.31. The van der Waals surface area contributed by atoms with Gasteiger partial charge < -0.3 is 0 Å². The molecule has 0 aliphatic rings. The SMILES string of the molecule is C=C=CS(=O)OCC=C. The summed E-state index contributed by atoms with van der Waals surface area (Å²) in [7, 11) is 0. The summed E-state index contributed by atoms with van der Waals surface area (Å²) in [5.41, 5.74) is 2.34. The van der Waals surface area contributed by atoms with Gasteiger partial charge in [-0.25, -0.2) is 4.21 Å². The highest BCUT2D eigenvalue weighted by Gasteiger charge is 1.87. The fourth-order valence-electron chi connectivity index (χ4n) is 0.217. The zero-order valence-corrected chi connectivity index (χ0v) is 5.82. The molecule has 0 spiro atoms. The third kappa shape index (κ3) is 5.24. The van der Waals surface area contributed by atoms with Gasteiger partial charge in [0.1, 0.15) is 0 Å². The first kappa shape index (κ1) is 8.37. The Morgan fingerprint density at radius 3 is 2.89 bits per heavy atom. The van der Waals surface area contributed by atoms with Gasteiger partial charge in [-0.1, -0.05) is 12.7 Å². The van der Waals surface area contributed by atoms with Gasteiger partial charge in [-0.15, -0.1) is 12.3 Å². The highest BCUT2D eigenvalue weighted by Crippen LogP contribution is 1.85. The average Bonchev–Trinajstić information content (AvgIpc) is 1.85. The van der Waals surface area contributed by atoms with Crippen LogP contribution in [0.3, 0.4) is 0 Å². The maximum atomic E-state index is 10.5. The molecule has 0 rings (SSSR count). The van der Waals surface area contributed by atoms with Crippen molar-refractivity contribution < 1.29 is 8.39 Å². The van der Waals surface area contributed by atoms with Crippen LogP contribution < -0.4 is 0 Å². The van der Waals surface area contributed by atoms with Gasteiger partial charge in [0.05, 0.1) is 12.0 Å². The summed E-state index contributed by atoms with van der Waals surface area (Å²) in [5, 5.41) is 1.24. The lowest BCUT2D eigenvalue weighted by molar-refractivity contribution is 0.401. The molecule has 0 aromatic rings. The third-order valence-corrected chi connectivity index (χ3v) is 1.21. The Morgan fingerprint density at radius 2 is 2.44 bits per heavy atom. The lowest BCUT2D eigenvalue weighted by Gasteiger charge is -1.89. The van der Waals surface area contributed by atoms with Gasteiger partial charge in [-0.05, 0) is 0 Å². The molecular formula is C6H8O2S. The molecule has 0 saturated carbocycles. The van der Waals surface area contributed by atoms with Crippen LogP contribution in [0.15, 0.2) is 30.4 Å². The van der Waals surface area contributed by atoms with E-state index in [-0.39, 0.29) is 6.61 Å². The Kier molecular flexibility index (Phi) is 5.12. The van der Waals surface area contributed by atoms with E-state index in [1.807, 2.05) is 0 Å². The smallest absolute Gasteiger partial charge is 0.189 e. The highest BCUT2D eigenvalue weighted by molar-refractivity contribution is 7.83. The minimum absolute atomic E-state index is 0.283. The third-order valence-electron chi connectivity index (χ3n) is 0.482. The van der Waals surface area contributed by atoms with Gasteiger partial charge in [0, 0.05) is 0 Å². The lowest BCUT2D eigenvalue weighted by atomic mass is 10.7. The highest BCUT2D eigenvalue weighted by atomic mass is 32.2. The minimum atomic E-state index is -1.39. The normalized spacial score (nSPS) is 11.6. The molecule has 0 aromatic heterocycles. The van der Waals surface area contributed by atoms with Crippen LogP contribution in [0.1, 0.15) is 0 Å². The molecule has 1 atom stereocenters. The van der Waals surface area contributed by atoms with Crippen LogP contribution in [0.5, 0.6) is 0 Å². The topological polar surface area (TPSA) is 26.3 Å². The molecule has 9 heavy (non-hydrogen) atoms. The summed E-state index contributed by atoms with van der Waals surface area (Å²) in [6.07, 6.45) is 1.52. The first-order valence-corrected chi connectivity index (χ1v) is 3.45. The second kappa shape index (κ2) is 5.51. The fourth-order valence-corrected chi connectivity index (χ4v) is 0.652. The van der Waals surface area contributed by atoms with Crippen molar-refractivity contribution in [2.45, 2.75) is 0 Å². The van der Waals surface area contributed by atoms with Crippen molar-refractivity contribution in [1.82, 2.24) is 0 Å². The van der Waals surface area contributed by atoms with E-state index in [1.165, 1.54) is 11.5 Å². The largest absolute Gasteiger partial charge is 0.283 e. The van der Waals surface area contributed by atoms with E-state index in [4.69, 9.17) is 0 Å². The van der Waals surface area contributed by atoms with Crippen LogP contribution >= 0.6 is 0 Å². The van der Waals surface area contributed by atoms with E-state index in [1.54, 1.807) is 0 Å². The monoisotopic (exact) mass is 144 g/mol. The van der Waals surface area contributed by atoms with Gasteiger partial charge in [-0.2, -0.15) is 0 Å². The lowest BCUT2D eigenvalue weighted by Crippen LogP contribution is -1.91. The Balaban J connectivity index is 3.50. The van der Waals surface area contributed by atoms with Crippen molar-refractivity contribution in [1.29, 1.82) is 0 Å². The van der Waals surface area contributed by atoms with Crippen molar-refractivity contribution in [3.8, 4) is 0 Å². The maximum Gasteiger partial charge on any atom is 0.189 e. The second-order valence-electron chi connectivity index (χ2n) is 1.16. The average molecular weight is 144 g/mol. The van der Waals surface area contributed by atoms with E-state index in [2.05, 4.69) is 23.1 Å². The van der Waals surface area contributed by atoms with Crippen LogP contribution in [-0.2, 0) is 15.3 Å². The molecule has 50 valence electrons.